The average Bonchev–Trinajstić information content (AvgIpc) is 2.77. The molecule has 0 aliphatic carbocycles. The van der Waals surface area contributed by atoms with Crippen molar-refractivity contribution < 1.29 is 18.0 Å². The van der Waals surface area contributed by atoms with Crippen LogP contribution < -0.4 is 15.5 Å². The van der Waals surface area contributed by atoms with Crippen molar-refractivity contribution in [3.63, 3.8) is 0 Å². The van der Waals surface area contributed by atoms with Gasteiger partial charge in [0.2, 0.25) is 0 Å². The number of alkyl halides is 3. The molecule has 1 aromatic carbocycles. The first-order valence-corrected chi connectivity index (χ1v) is 10.9. The average molecular weight is 458 g/mol. The van der Waals surface area contributed by atoms with Crippen molar-refractivity contribution in [2.24, 2.45) is 5.92 Å². The number of hydrogen-bond donors (Lipinski definition) is 2. The predicted octanol–water partition coefficient (Wildman–Crippen LogP) is 5.52. The van der Waals surface area contributed by atoms with Gasteiger partial charge >= 0.3 is 12.2 Å². The first-order valence-electron chi connectivity index (χ1n) is 10.9. The number of rotatable bonds is 4. The molecule has 0 unspecified atom stereocenters. The van der Waals surface area contributed by atoms with Crippen LogP contribution in [0.4, 0.5) is 29.5 Å². The Hall–Kier alpha value is -3.36. The van der Waals surface area contributed by atoms with Crippen molar-refractivity contribution in [2.75, 3.05) is 23.3 Å². The van der Waals surface area contributed by atoms with Crippen molar-refractivity contribution in [3.05, 3.63) is 59.5 Å². The fraction of sp³-hybridized carbons (Fsp3) is 0.375. The lowest BCUT2D eigenvalue weighted by Gasteiger charge is -2.33. The van der Waals surface area contributed by atoms with Crippen molar-refractivity contribution in [3.8, 4) is 0 Å². The Morgan fingerprint density at radius 3 is 2.67 bits per heavy atom. The Balaban J connectivity index is 1.51. The molecule has 1 aliphatic rings. The molecule has 0 spiro atoms. The van der Waals surface area contributed by atoms with Crippen LogP contribution in [-0.4, -0.2) is 29.1 Å². The van der Waals surface area contributed by atoms with E-state index in [1.807, 2.05) is 30.0 Å². The number of aromatic nitrogens is 2. The molecule has 2 N–H and O–H groups in total. The summed E-state index contributed by atoms with van der Waals surface area (Å²) in [4.78, 5) is 22.7. The van der Waals surface area contributed by atoms with Crippen molar-refractivity contribution >= 4 is 28.3 Å². The maximum absolute atomic E-state index is 13.3. The summed E-state index contributed by atoms with van der Waals surface area (Å²) in [6.45, 7) is 5.35. The van der Waals surface area contributed by atoms with Gasteiger partial charge in [-0.3, -0.25) is 4.98 Å². The quantitative estimate of drug-likeness (QED) is 0.542. The van der Waals surface area contributed by atoms with Crippen LogP contribution >= 0.6 is 0 Å². The number of anilines is 2. The van der Waals surface area contributed by atoms with Crippen LogP contribution in [0.1, 0.15) is 36.7 Å². The van der Waals surface area contributed by atoms with Gasteiger partial charge in [0.15, 0.2) is 0 Å². The molecule has 0 radical (unpaired) electrons. The summed E-state index contributed by atoms with van der Waals surface area (Å²) < 4.78 is 39.8. The number of carbonyl (C=O) groups excluding carboxylic acids is 1. The summed E-state index contributed by atoms with van der Waals surface area (Å²) >= 11 is 0. The number of amides is 2. The molecule has 1 fully saturated rings. The third kappa shape index (κ3) is 5.35. The highest BCUT2D eigenvalue weighted by Crippen LogP contribution is 2.32. The fourth-order valence-electron chi connectivity index (χ4n) is 4.00. The van der Waals surface area contributed by atoms with Crippen LogP contribution in [-0.2, 0) is 12.7 Å². The third-order valence-electron chi connectivity index (χ3n) is 5.92. The van der Waals surface area contributed by atoms with Gasteiger partial charge in [-0.2, -0.15) is 13.2 Å². The molecular formula is C24H26F3N5O. The number of nitrogens with one attached hydrogen (secondary N) is 2. The van der Waals surface area contributed by atoms with E-state index in [-0.39, 0.29) is 12.4 Å². The molecule has 1 saturated heterocycles. The van der Waals surface area contributed by atoms with E-state index in [0.717, 1.165) is 35.4 Å². The van der Waals surface area contributed by atoms with E-state index in [9.17, 15) is 18.0 Å². The van der Waals surface area contributed by atoms with Gasteiger partial charge in [0.1, 0.15) is 11.5 Å². The molecule has 2 amide bonds. The number of nitrogens with zero attached hydrogens (tertiary/aromatic N) is 3. The molecule has 0 saturated carbocycles. The Morgan fingerprint density at radius 2 is 1.94 bits per heavy atom. The van der Waals surface area contributed by atoms with E-state index in [2.05, 4.69) is 27.5 Å². The standard InChI is InChI=1S/C24H26F3N5O/c1-15-8-10-32(11-9-15)22-18(6-7-21(31-22)24(25,26)27)13-29-23(33)30-20-5-3-4-17-12-16(2)28-14-19(17)20/h3-7,12,14-15H,8-11,13H2,1-2H3,(H2,29,30,33). The third-order valence-corrected chi connectivity index (χ3v) is 5.92. The predicted molar refractivity (Wildman–Crippen MR) is 122 cm³/mol. The second-order valence-electron chi connectivity index (χ2n) is 8.51. The van der Waals surface area contributed by atoms with Gasteiger partial charge in [0, 0.05) is 42.5 Å². The van der Waals surface area contributed by atoms with Gasteiger partial charge in [-0.25, -0.2) is 9.78 Å². The first-order chi connectivity index (χ1) is 15.7. The molecule has 1 aliphatic heterocycles. The van der Waals surface area contributed by atoms with Gasteiger partial charge in [-0.1, -0.05) is 25.1 Å². The first kappa shape index (κ1) is 22.8. The second kappa shape index (κ2) is 9.25. The number of benzene rings is 1. The number of halogens is 3. The van der Waals surface area contributed by atoms with Gasteiger partial charge in [0.25, 0.3) is 0 Å². The molecule has 33 heavy (non-hydrogen) atoms. The summed E-state index contributed by atoms with van der Waals surface area (Å²) in [7, 11) is 0. The fourth-order valence-corrected chi connectivity index (χ4v) is 4.00. The SMILES string of the molecule is Cc1cc2cccc(NC(=O)NCc3ccc(C(F)(F)F)nc3N3CCC(C)CC3)c2cn1. The molecule has 6 nitrogen and oxygen atoms in total. The Bertz CT molecular complexity index is 1160. The maximum atomic E-state index is 13.3. The van der Waals surface area contributed by atoms with E-state index in [4.69, 9.17) is 0 Å². The number of fused-ring (bicyclic) bond motifs is 1. The smallest absolute Gasteiger partial charge is 0.356 e. The summed E-state index contributed by atoms with van der Waals surface area (Å²) in [6.07, 6.45) is -1.04. The molecule has 4 rings (SSSR count). The molecule has 3 aromatic rings. The van der Waals surface area contributed by atoms with Crippen molar-refractivity contribution in [1.82, 2.24) is 15.3 Å². The van der Waals surface area contributed by atoms with Crippen LogP contribution in [0, 0.1) is 12.8 Å². The zero-order chi connectivity index (χ0) is 23.6. The van der Waals surface area contributed by atoms with E-state index < -0.39 is 17.9 Å². The summed E-state index contributed by atoms with van der Waals surface area (Å²) in [6, 6.07) is 9.38. The zero-order valence-electron chi connectivity index (χ0n) is 18.5. The normalized spacial score (nSPS) is 15.0. The lowest BCUT2D eigenvalue weighted by molar-refractivity contribution is -0.141. The van der Waals surface area contributed by atoms with Gasteiger partial charge in [0.05, 0.1) is 5.69 Å². The highest BCUT2D eigenvalue weighted by molar-refractivity contribution is 6.01. The van der Waals surface area contributed by atoms with Crippen LogP contribution in [0.2, 0.25) is 0 Å². The molecule has 3 heterocycles. The van der Waals surface area contributed by atoms with Gasteiger partial charge in [-0.15, -0.1) is 0 Å². The largest absolute Gasteiger partial charge is 0.433 e. The summed E-state index contributed by atoms with van der Waals surface area (Å²) in [5, 5.41) is 7.32. The van der Waals surface area contributed by atoms with Gasteiger partial charge < -0.3 is 15.5 Å². The number of pyridine rings is 2. The maximum Gasteiger partial charge on any atom is 0.433 e. The van der Waals surface area contributed by atoms with E-state index in [1.54, 1.807) is 12.3 Å². The van der Waals surface area contributed by atoms with Crippen molar-refractivity contribution in [1.29, 1.82) is 0 Å². The minimum Gasteiger partial charge on any atom is -0.356 e. The highest BCUT2D eigenvalue weighted by Gasteiger charge is 2.34. The number of aryl methyl sites for hydroxylation is 1. The molecule has 9 heteroatoms. The monoisotopic (exact) mass is 457 g/mol. The van der Waals surface area contributed by atoms with Crippen LogP contribution in [0.15, 0.2) is 42.6 Å². The lowest BCUT2D eigenvalue weighted by atomic mass is 9.99. The van der Waals surface area contributed by atoms with E-state index >= 15 is 0 Å². The number of urea groups is 1. The minimum absolute atomic E-state index is 0.0560. The zero-order valence-corrected chi connectivity index (χ0v) is 18.5. The van der Waals surface area contributed by atoms with Crippen LogP contribution in [0.25, 0.3) is 10.8 Å². The number of hydrogen-bond acceptors (Lipinski definition) is 4. The van der Waals surface area contributed by atoms with E-state index in [1.165, 1.54) is 6.07 Å². The Kier molecular flexibility index (Phi) is 6.40. The van der Waals surface area contributed by atoms with Crippen LogP contribution in [0.5, 0.6) is 0 Å². The topological polar surface area (TPSA) is 70.2 Å². The molecular weight excluding hydrogens is 431 g/mol. The number of carbonyl (C=O) groups is 1. The molecule has 0 atom stereocenters. The number of piperidine rings is 1. The summed E-state index contributed by atoms with van der Waals surface area (Å²) in [5.41, 5.74) is 1.10. The summed E-state index contributed by atoms with van der Waals surface area (Å²) in [5.74, 6) is 0.806. The Morgan fingerprint density at radius 1 is 1.18 bits per heavy atom. The van der Waals surface area contributed by atoms with Gasteiger partial charge in [-0.05, 0) is 49.3 Å². The highest BCUT2D eigenvalue weighted by atomic mass is 19.4. The lowest BCUT2D eigenvalue weighted by Crippen LogP contribution is -2.35. The minimum atomic E-state index is -4.53. The van der Waals surface area contributed by atoms with Crippen molar-refractivity contribution in [2.45, 2.75) is 39.4 Å². The Labute approximate surface area is 190 Å². The second-order valence-corrected chi connectivity index (χ2v) is 8.51. The van der Waals surface area contributed by atoms with E-state index in [0.29, 0.717) is 30.3 Å². The van der Waals surface area contributed by atoms with Crippen LogP contribution in [0.3, 0.4) is 0 Å². The molecule has 174 valence electrons. The molecule has 0 bridgehead atoms. The molecule has 2 aromatic heterocycles.